The zero-order chi connectivity index (χ0) is 16.2. The van der Waals surface area contributed by atoms with Crippen LogP contribution in [0.3, 0.4) is 0 Å². The number of nitrogens with zero attached hydrogens (tertiary/aromatic N) is 2. The fourth-order valence-corrected chi connectivity index (χ4v) is 3.81. The molecule has 0 radical (unpaired) electrons. The quantitative estimate of drug-likeness (QED) is 0.612. The van der Waals surface area contributed by atoms with Gasteiger partial charge in [0.1, 0.15) is 10.7 Å². The lowest BCUT2D eigenvalue weighted by Crippen LogP contribution is -2.12. The smallest absolute Gasteiger partial charge is 0.276 e. The van der Waals surface area contributed by atoms with E-state index in [4.69, 9.17) is 5.73 Å². The molecule has 0 aliphatic rings. The van der Waals surface area contributed by atoms with Crippen LogP contribution in [-0.2, 0) is 13.0 Å². The number of thiazole rings is 2. The van der Waals surface area contributed by atoms with E-state index >= 15 is 0 Å². The number of hydrogen-bond acceptors (Lipinski definition) is 6. The van der Waals surface area contributed by atoms with Gasteiger partial charge in [0.25, 0.3) is 5.91 Å². The van der Waals surface area contributed by atoms with Crippen LogP contribution >= 0.6 is 39.7 Å². The predicted molar refractivity (Wildman–Crippen MR) is 107 cm³/mol. The third-order valence-corrected chi connectivity index (χ3v) is 5.26. The molecule has 3 rings (SSSR count). The first-order valence-corrected chi connectivity index (χ1v) is 9.24. The first-order chi connectivity index (χ1) is 11.2. The number of rotatable bonds is 6. The number of unbranched alkanes of at least 4 members (excludes halogenated alkanes) is 1. The Labute approximate surface area is 159 Å². The normalized spacial score (nSPS) is 10.6. The zero-order valence-corrected chi connectivity index (χ0v) is 16.6. The number of hydrogen-bond donors (Lipinski definition) is 2. The van der Waals surface area contributed by atoms with E-state index in [1.54, 1.807) is 5.38 Å². The molecular weight excluding hydrogens is 408 g/mol. The standard InChI is InChI=1S/C16H18N4OS2.BrH/c1-2-3-4-10-5-6-11-13(7-10)23-16(19-11)20-15(21)12-9-22-14(8-17)18-12;/h5-7,9H,2-4,8,17H2,1H3,(H,19,20,21);1H. The minimum atomic E-state index is -0.244. The fourth-order valence-electron chi connectivity index (χ4n) is 2.23. The van der Waals surface area contributed by atoms with Crippen LogP contribution in [0, 0.1) is 0 Å². The summed E-state index contributed by atoms with van der Waals surface area (Å²) in [5.74, 6) is -0.244. The number of nitrogens with one attached hydrogen (secondary N) is 1. The zero-order valence-electron chi connectivity index (χ0n) is 13.2. The molecule has 0 saturated heterocycles. The van der Waals surface area contributed by atoms with Crippen molar-refractivity contribution in [1.82, 2.24) is 9.97 Å². The van der Waals surface area contributed by atoms with Crippen LogP contribution in [0.1, 0.15) is 40.8 Å². The molecule has 0 atom stereocenters. The van der Waals surface area contributed by atoms with Gasteiger partial charge >= 0.3 is 0 Å². The van der Waals surface area contributed by atoms with Gasteiger partial charge in [0.15, 0.2) is 5.13 Å². The summed E-state index contributed by atoms with van der Waals surface area (Å²) in [7, 11) is 0. The number of aryl methyl sites for hydroxylation is 1. The molecule has 3 N–H and O–H groups in total. The summed E-state index contributed by atoms with van der Waals surface area (Å²) in [5.41, 5.74) is 8.13. The Morgan fingerprint density at radius 2 is 2.17 bits per heavy atom. The summed E-state index contributed by atoms with van der Waals surface area (Å²) in [6.07, 6.45) is 3.44. The molecule has 8 heteroatoms. The van der Waals surface area contributed by atoms with Crippen molar-refractivity contribution in [3.05, 3.63) is 39.8 Å². The van der Waals surface area contributed by atoms with Crippen molar-refractivity contribution < 1.29 is 4.79 Å². The number of aromatic nitrogens is 2. The van der Waals surface area contributed by atoms with Crippen molar-refractivity contribution in [3.8, 4) is 0 Å². The third-order valence-electron chi connectivity index (χ3n) is 3.45. The molecule has 0 aliphatic carbocycles. The number of fused-ring (bicyclic) bond motifs is 1. The number of carbonyl (C=O) groups excluding carboxylic acids is 1. The molecular formula is C16H19BrN4OS2. The maximum atomic E-state index is 12.2. The SMILES string of the molecule is Br.CCCCc1ccc2nc(NC(=O)c3csc(CN)n3)sc2c1. The van der Waals surface area contributed by atoms with Crippen LogP contribution in [-0.4, -0.2) is 15.9 Å². The highest BCUT2D eigenvalue weighted by Crippen LogP contribution is 2.27. The number of amides is 1. The molecule has 5 nitrogen and oxygen atoms in total. The van der Waals surface area contributed by atoms with Crippen LogP contribution < -0.4 is 11.1 Å². The van der Waals surface area contributed by atoms with Crippen molar-refractivity contribution in [2.24, 2.45) is 5.73 Å². The van der Waals surface area contributed by atoms with Gasteiger partial charge in [-0.3, -0.25) is 10.1 Å². The van der Waals surface area contributed by atoms with Gasteiger partial charge in [-0.2, -0.15) is 0 Å². The Bertz CT molecular complexity index is 830. The number of anilines is 1. The van der Waals surface area contributed by atoms with Crippen LogP contribution in [0.4, 0.5) is 5.13 Å². The van der Waals surface area contributed by atoms with E-state index in [1.807, 2.05) is 6.07 Å². The predicted octanol–water partition coefficient (Wildman–Crippen LogP) is 4.38. The third kappa shape index (κ3) is 4.38. The molecule has 0 spiro atoms. The molecule has 1 aromatic carbocycles. The molecule has 0 unspecified atom stereocenters. The summed E-state index contributed by atoms with van der Waals surface area (Å²) >= 11 is 2.88. The summed E-state index contributed by atoms with van der Waals surface area (Å²) in [5, 5.41) is 5.88. The van der Waals surface area contributed by atoms with E-state index in [-0.39, 0.29) is 22.9 Å². The largest absolute Gasteiger partial charge is 0.325 e. The van der Waals surface area contributed by atoms with Crippen LogP contribution in [0.15, 0.2) is 23.6 Å². The number of nitrogens with two attached hydrogens (primary N) is 1. The lowest BCUT2D eigenvalue weighted by molar-refractivity contribution is 0.102. The number of halogens is 1. The average Bonchev–Trinajstić information content (AvgIpc) is 3.18. The van der Waals surface area contributed by atoms with Gasteiger partial charge in [0.05, 0.1) is 10.2 Å². The molecule has 0 aliphatic heterocycles. The topological polar surface area (TPSA) is 80.9 Å². The minimum Gasteiger partial charge on any atom is -0.325 e. The Kier molecular flexibility index (Phi) is 6.85. The first kappa shape index (κ1) is 19.0. The van der Waals surface area contributed by atoms with Gasteiger partial charge in [-0.25, -0.2) is 9.97 Å². The summed E-state index contributed by atoms with van der Waals surface area (Å²) in [6, 6.07) is 6.28. The second kappa shape index (κ2) is 8.66. The van der Waals surface area contributed by atoms with Crippen molar-refractivity contribution in [1.29, 1.82) is 0 Å². The first-order valence-electron chi connectivity index (χ1n) is 7.55. The second-order valence-corrected chi connectivity index (χ2v) is 7.18. The summed E-state index contributed by atoms with van der Waals surface area (Å²) < 4.78 is 1.09. The van der Waals surface area contributed by atoms with Gasteiger partial charge in [-0.15, -0.1) is 28.3 Å². The monoisotopic (exact) mass is 426 g/mol. The molecule has 128 valence electrons. The molecule has 3 aromatic rings. The van der Waals surface area contributed by atoms with E-state index in [0.717, 1.165) is 21.6 Å². The molecule has 0 bridgehead atoms. The molecule has 0 fully saturated rings. The number of carbonyl (C=O) groups is 1. The lowest BCUT2D eigenvalue weighted by atomic mass is 10.1. The van der Waals surface area contributed by atoms with Gasteiger partial charge in [0, 0.05) is 11.9 Å². The fraction of sp³-hybridized carbons (Fsp3) is 0.312. The molecule has 1 amide bonds. The van der Waals surface area contributed by atoms with E-state index in [0.29, 0.717) is 17.4 Å². The Morgan fingerprint density at radius 1 is 1.33 bits per heavy atom. The van der Waals surface area contributed by atoms with Gasteiger partial charge in [-0.05, 0) is 30.5 Å². The van der Waals surface area contributed by atoms with Crippen molar-refractivity contribution in [2.75, 3.05) is 5.32 Å². The molecule has 2 aromatic heterocycles. The summed E-state index contributed by atoms with van der Waals surface area (Å²) in [6.45, 7) is 2.53. The molecule has 0 saturated carbocycles. The Morgan fingerprint density at radius 3 is 2.88 bits per heavy atom. The van der Waals surface area contributed by atoms with Crippen molar-refractivity contribution in [2.45, 2.75) is 32.7 Å². The van der Waals surface area contributed by atoms with Crippen LogP contribution in [0.25, 0.3) is 10.2 Å². The van der Waals surface area contributed by atoms with Crippen LogP contribution in [0.2, 0.25) is 0 Å². The summed E-state index contributed by atoms with van der Waals surface area (Å²) in [4.78, 5) is 20.8. The van der Waals surface area contributed by atoms with E-state index in [2.05, 4.69) is 34.3 Å². The Balaban J connectivity index is 0.00000208. The van der Waals surface area contributed by atoms with Crippen LogP contribution in [0.5, 0.6) is 0 Å². The van der Waals surface area contributed by atoms with Gasteiger partial charge in [-0.1, -0.05) is 30.7 Å². The van der Waals surface area contributed by atoms with Gasteiger partial charge in [0.2, 0.25) is 0 Å². The second-order valence-electron chi connectivity index (χ2n) is 5.21. The molecule has 24 heavy (non-hydrogen) atoms. The Hall–Kier alpha value is -1.35. The van der Waals surface area contributed by atoms with Crippen molar-refractivity contribution >= 4 is 60.9 Å². The highest BCUT2D eigenvalue weighted by Gasteiger charge is 2.13. The average molecular weight is 427 g/mol. The van der Waals surface area contributed by atoms with E-state index in [9.17, 15) is 4.79 Å². The minimum absolute atomic E-state index is 0. The van der Waals surface area contributed by atoms with E-state index in [1.165, 1.54) is 41.1 Å². The number of benzene rings is 1. The van der Waals surface area contributed by atoms with Gasteiger partial charge < -0.3 is 5.73 Å². The highest BCUT2D eigenvalue weighted by molar-refractivity contribution is 8.93. The molecule has 2 heterocycles. The maximum absolute atomic E-state index is 12.2. The maximum Gasteiger partial charge on any atom is 0.276 e. The van der Waals surface area contributed by atoms with Crippen molar-refractivity contribution in [3.63, 3.8) is 0 Å². The lowest BCUT2D eigenvalue weighted by Gasteiger charge is -1.98. The van der Waals surface area contributed by atoms with E-state index < -0.39 is 0 Å². The highest BCUT2D eigenvalue weighted by atomic mass is 79.9.